The van der Waals surface area contributed by atoms with Gasteiger partial charge in [-0.2, -0.15) is 0 Å². The van der Waals surface area contributed by atoms with Gasteiger partial charge in [-0.05, 0) is 55.5 Å². The summed E-state index contributed by atoms with van der Waals surface area (Å²) >= 11 is 6.00. The van der Waals surface area contributed by atoms with E-state index in [0.29, 0.717) is 22.0 Å². The minimum absolute atomic E-state index is 0.200. The molecule has 29 heavy (non-hydrogen) atoms. The van der Waals surface area contributed by atoms with Crippen LogP contribution in [-0.2, 0) is 4.79 Å². The van der Waals surface area contributed by atoms with Crippen molar-refractivity contribution < 1.29 is 18.8 Å². The number of carbonyl (C=O) groups excluding carboxylic acids is 3. The van der Waals surface area contributed by atoms with Gasteiger partial charge < -0.3 is 20.4 Å². The monoisotopic (exact) mass is 411 g/mol. The van der Waals surface area contributed by atoms with Crippen molar-refractivity contribution >= 4 is 40.7 Å². The summed E-state index contributed by atoms with van der Waals surface area (Å²) in [6.45, 7) is 1.57. The van der Waals surface area contributed by atoms with Gasteiger partial charge in [-0.25, -0.2) is 0 Å². The maximum atomic E-state index is 12.3. The van der Waals surface area contributed by atoms with Crippen molar-refractivity contribution in [2.45, 2.75) is 13.0 Å². The van der Waals surface area contributed by atoms with E-state index in [1.54, 1.807) is 67.6 Å². The highest BCUT2D eigenvalue weighted by Gasteiger charge is 2.18. The van der Waals surface area contributed by atoms with Crippen LogP contribution in [0.2, 0.25) is 5.02 Å². The smallest absolute Gasteiger partial charge is 0.291 e. The van der Waals surface area contributed by atoms with Crippen molar-refractivity contribution in [1.82, 2.24) is 5.32 Å². The van der Waals surface area contributed by atoms with Gasteiger partial charge in [0, 0.05) is 11.4 Å². The molecule has 1 unspecified atom stereocenters. The van der Waals surface area contributed by atoms with Gasteiger partial charge in [0.15, 0.2) is 5.76 Å². The first-order chi connectivity index (χ1) is 13.9. The van der Waals surface area contributed by atoms with Crippen molar-refractivity contribution in [2.75, 3.05) is 10.6 Å². The summed E-state index contributed by atoms with van der Waals surface area (Å²) in [5.74, 6) is -1.000. The molecule has 0 aliphatic carbocycles. The van der Waals surface area contributed by atoms with E-state index < -0.39 is 17.9 Å². The summed E-state index contributed by atoms with van der Waals surface area (Å²) in [4.78, 5) is 36.5. The molecule has 0 saturated carbocycles. The van der Waals surface area contributed by atoms with E-state index in [-0.39, 0.29) is 11.7 Å². The molecule has 0 aliphatic rings. The number of hydrogen-bond acceptors (Lipinski definition) is 4. The third kappa shape index (κ3) is 5.24. The Balaban J connectivity index is 1.55. The molecule has 0 aliphatic heterocycles. The fraction of sp³-hybridized carbons (Fsp3) is 0.0952. The lowest BCUT2D eigenvalue weighted by Gasteiger charge is -2.15. The van der Waals surface area contributed by atoms with Gasteiger partial charge in [-0.15, -0.1) is 0 Å². The zero-order valence-corrected chi connectivity index (χ0v) is 16.2. The number of furan rings is 1. The minimum Gasteiger partial charge on any atom is -0.459 e. The maximum absolute atomic E-state index is 12.3. The number of benzene rings is 2. The quantitative estimate of drug-likeness (QED) is 0.571. The predicted molar refractivity (Wildman–Crippen MR) is 110 cm³/mol. The molecule has 0 fully saturated rings. The van der Waals surface area contributed by atoms with Crippen LogP contribution < -0.4 is 16.0 Å². The Labute approximate surface area is 172 Å². The highest BCUT2D eigenvalue weighted by atomic mass is 35.5. The summed E-state index contributed by atoms with van der Waals surface area (Å²) in [5.41, 5.74) is 1.36. The van der Waals surface area contributed by atoms with Gasteiger partial charge in [0.25, 0.3) is 11.8 Å². The highest BCUT2D eigenvalue weighted by molar-refractivity contribution is 6.33. The highest BCUT2D eigenvalue weighted by Crippen LogP contribution is 2.16. The van der Waals surface area contributed by atoms with E-state index in [2.05, 4.69) is 16.0 Å². The van der Waals surface area contributed by atoms with E-state index in [1.807, 2.05) is 0 Å². The molecule has 2 aromatic carbocycles. The first kappa shape index (κ1) is 20.2. The van der Waals surface area contributed by atoms with Crippen molar-refractivity contribution in [2.24, 2.45) is 0 Å². The maximum Gasteiger partial charge on any atom is 0.291 e. The largest absolute Gasteiger partial charge is 0.459 e. The van der Waals surface area contributed by atoms with E-state index >= 15 is 0 Å². The molecule has 1 aromatic heterocycles. The van der Waals surface area contributed by atoms with Crippen LogP contribution in [-0.4, -0.2) is 23.8 Å². The van der Waals surface area contributed by atoms with E-state index in [9.17, 15) is 14.4 Å². The predicted octanol–water partition coefficient (Wildman–Crippen LogP) is 3.94. The third-order valence-electron chi connectivity index (χ3n) is 4.01. The zero-order valence-electron chi connectivity index (χ0n) is 15.4. The number of nitrogens with one attached hydrogen (secondary N) is 3. The van der Waals surface area contributed by atoms with E-state index in [4.69, 9.17) is 16.0 Å². The molecule has 0 spiro atoms. The minimum atomic E-state index is -0.780. The summed E-state index contributed by atoms with van der Waals surface area (Å²) in [7, 11) is 0. The molecule has 148 valence electrons. The van der Waals surface area contributed by atoms with Crippen molar-refractivity contribution in [3.05, 3.63) is 83.3 Å². The van der Waals surface area contributed by atoms with Crippen molar-refractivity contribution in [1.29, 1.82) is 0 Å². The van der Waals surface area contributed by atoms with Crippen LogP contribution in [0.3, 0.4) is 0 Å². The van der Waals surface area contributed by atoms with Crippen LogP contribution in [0, 0.1) is 0 Å². The summed E-state index contributed by atoms with van der Waals surface area (Å²) in [5, 5.41) is 8.30. The standard InChI is InChI=1S/C21H18ClN3O4/c1-13(23-20(27)16-5-2-3-6-17(16)22)19(26)24-14-8-10-15(11-9-14)25-21(28)18-7-4-12-29-18/h2-13H,1H3,(H,23,27)(H,24,26)(H,25,28). The van der Waals surface area contributed by atoms with Crippen LogP contribution in [0.1, 0.15) is 27.8 Å². The Morgan fingerprint density at radius 3 is 2.14 bits per heavy atom. The first-order valence-corrected chi connectivity index (χ1v) is 9.13. The van der Waals surface area contributed by atoms with E-state index in [1.165, 1.54) is 6.26 Å². The SMILES string of the molecule is CC(NC(=O)c1ccccc1Cl)C(=O)Nc1ccc(NC(=O)c2ccco2)cc1. The second-order valence-corrected chi connectivity index (χ2v) is 6.58. The molecular formula is C21H18ClN3O4. The van der Waals surface area contributed by atoms with E-state index in [0.717, 1.165) is 0 Å². The molecule has 3 rings (SSSR count). The molecule has 0 bridgehead atoms. The summed E-state index contributed by atoms with van der Waals surface area (Å²) in [6.07, 6.45) is 1.42. The number of rotatable bonds is 6. The fourth-order valence-electron chi connectivity index (χ4n) is 2.47. The first-order valence-electron chi connectivity index (χ1n) is 8.75. The topological polar surface area (TPSA) is 100 Å². The number of amides is 3. The lowest BCUT2D eigenvalue weighted by atomic mass is 10.2. The number of halogens is 1. The lowest BCUT2D eigenvalue weighted by Crippen LogP contribution is -2.41. The van der Waals surface area contributed by atoms with Crippen LogP contribution in [0.25, 0.3) is 0 Å². The Kier molecular flexibility index (Phi) is 6.31. The number of anilines is 2. The van der Waals surface area contributed by atoms with Crippen LogP contribution in [0.5, 0.6) is 0 Å². The number of carbonyl (C=O) groups is 3. The average Bonchev–Trinajstić information content (AvgIpc) is 3.24. The Hall–Kier alpha value is -3.58. The summed E-state index contributed by atoms with van der Waals surface area (Å²) < 4.78 is 5.03. The van der Waals surface area contributed by atoms with Crippen molar-refractivity contribution in [3.8, 4) is 0 Å². The van der Waals surface area contributed by atoms with Gasteiger partial charge in [0.2, 0.25) is 5.91 Å². The van der Waals surface area contributed by atoms with Crippen LogP contribution in [0.4, 0.5) is 11.4 Å². The molecule has 0 radical (unpaired) electrons. The summed E-state index contributed by atoms with van der Waals surface area (Å²) in [6, 6.07) is 15.6. The third-order valence-corrected chi connectivity index (χ3v) is 4.34. The molecule has 8 heteroatoms. The molecule has 1 heterocycles. The second kappa shape index (κ2) is 9.07. The number of hydrogen-bond donors (Lipinski definition) is 3. The molecule has 3 aromatic rings. The fourth-order valence-corrected chi connectivity index (χ4v) is 2.69. The zero-order chi connectivity index (χ0) is 20.8. The molecule has 3 N–H and O–H groups in total. The second-order valence-electron chi connectivity index (χ2n) is 6.17. The Bertz CT molecular complexity index is 1020. The molecule has 1 atom stereocenters. The van der Waals surface area contributed by atoms with Gasteiger partial charge in [0.1, 0.15) is 6.04 Å². The van der Waals surface area contributed by atoms with Gasteiger partial charge in [-0.3, -0.25) is 14.4 Å². The molecule has 7 nitrogen and oxygen atoms in total. The molecule has 3 amide bonds. The Morgan fingerprint density at radius 1 is 0.862 bits per heavy atom. The van der Waals surface area contributed by atoms with Gasteiger partial charge in [0.05, 0.1) is 16.8 Å². The van der Waals surface area contributed by atoms with Gasteiger partial charge >= 0.3 is 0 Å². The Morgan fingerprint density at radius 2 is 1.52 bits per heavy atom. The van der Waals surface area contributed by atoms with Crippen molar-refractivity contribution in [3.63, 3.8) is 0 Å². The normalized spacial score (nSPS) is 11.4. The van der Waals surface area contributed by atoms with Crippen LogP contribution in [0.15, 0.2) is 71.3 Å². The lowest BCUT2D eigenvalue weighted by molar-refractivity contribution is -0.117. The molecule has 0 saturated heterocycles. The van der Waals surface area contributed by atoms with Gasteiger partial charge in [-0.1, -0.05) is 23.7 Å². The van der Waals surface area contributed by atoms with Crippen LogP contribution >= 0.6 is 11.6 Å². The molecular weight excluding hydrogens is 394 g/mol. The average molecular weight is 412 g/mol.